The van der Waals surface area contributed by atoms with Gasteiger partial charge in [-0.1, -0.05) is 53.7 Å². The molecule has 0 amide bonds. The fourth-order valence-corrected chi connectivity index (χ4v) is 27.8. The molecule has 2 bridgehead atoms. The summed E-state index contributed by atoms with van der Waals surface area (Å²) < 4.78 is 12.9. The Bertz CT molecular complexity index is 8270. The van der Waals surface area contributed by atoms with Crippen LogP contribution in [-0.2, 0) is 50.3 Å². The van der Waals surface area contributed by atoms with E-state index >= 15 is 4.79 Å². The Labute approximate surface area is 480 Å². The van der Waals surface area contributed by atoms with E-state index < -0.39 is 28.6 Å². The van der Waals surface area contributed by atoms with E-state index in [4.69, 9.17) is 29.2 Å². The van der Waals surface area contributed by atoms with Crippen LogP contribution in [-0.4, -0.2) is 30.9 Å². The number of hydrogen-bond donors (Lipinski definition) is 0. The molecule has 0 radical (unpaired) electrons. The molecule has 30 aromatic carbocycles. The van der Waals surface area contributed by atoms with Crippen LogP contribution in [0.5, 0.6) is 0 Å². The van der Waals surface area contributed by atoms with Crippen molar-refractivity contribution in [1.29, 1.82) is 0 Å². The summed E-state index contributed by atoms with van der Waals surface area (Å²) in [4.78, 5) is 51.2. The van der Waals surface area contributed by atoms with Gasteiger partial charge < -0.3 is 14.3 Å². The lowest BCUT2D eigenvalue weighted by Crippen LogP contribution is -2.55. The number of hydrogen-bond acceptors (Lipinski definition) is 8. The van der Waals surface area contributed by atoms with Gasteiger partial charge >= 0.3 is 11.9 Å². The van der Waals surface area contributed by atoms with E-state index in [0.29, 0.717) is 5.71 Å². The number of rotatable bonds is 6. The summed E-state index contributed by atoms with van der Waals surface area (Å²) in [7, 11) is 0. The third-order valence-electron chi connectivity index (χ3n) is 28.7. The second-order valence-corrected chi connectivity index (χ2v) is 29.8. The average Bonchev–Trinajstić information content (AvgIpc) is 1.38. The molecule has 0 aromatic heterocycles. The Morgan fingerprint density at radius 3 is 0.943 bits per heavy atom. The molecular formula is C80H15NO7. The van der Waals surface area contributed by atoms with Gasteiger partial charge in [-0.25, -0.2) is 14.6 Å². The van der Waals surface area contributed by atoms with Crippen LogP contribution in [0.2, 0.25) is 0 Å². The van der Waals surface area contributed by atoms with E-state index in [0.717, 1.165) is 22.3 Å². The van der Waals surface area contributed by atoms with Crippen molar-refractivity contribution in [3.63, 3.8) is 0 Å². The van der Waals surface area contributed by atoms with Gasteiger partial charge in [0.1, 0.15) is 24.7 Å². The molecule has 38 rings (SSSR count). The van der Waals surface area contributed by atoms with Crippen molar-refractivity contribution in [3.05, 3.63) is 93.0 Å². The molecule has 382 valence electrons. The van der Waals surface area contributed by atoms with Crippen molar-refractivity contribution in [3.8, 4) is 0 Å². The predicted molar refractivity (Wildman–Crippen MR) is 347 cm³/mol. The molecule has 3 heterocycles. The van der Waals surface area contributed by atoms with E-state index in [1.807, 2.05) is 48.5 Å². The summed E-state index contributed by atoms with van der Waals surface area (Å²) in [5, 5.41) is 84.7. The molecule has 0 fully saturated rings. The standard InChI is InChI=1S/C80H15NO7/c82-16(11-78-14-7-3-1-5-12(14)75(86-88-78)13-6-2-4-8-15(13)78)84-9-10-85-77(83)76-79-71-63-55-45-35-27-19-17-18-21-25-23(19)31-39-33(25)43-37-29(21)30-22(18)26-24-20(17)28(27)36-42-32(24)40-34(26)44-38(30)48-47(37)59-53(43)61-51(39)57(49(55)41(31)35)65(71)67(61)73-69(59)70-60(48)54(44)62-52(40)58-50(42)56(46(36)45)64(63)72(79)66(58)68(62)74(70)80(73,79)87-81-76/h1-8,75H,9-11H2. The largest absolute Gasteiger partial charge is 0.462 e. The van der Waals surface area contributed by atoms with Crippen LogP contribution in [0, 0.1) is 0 Å². The topological polar surface area (TPSA) is 92.7 Å². The Morgan fingerprint density at radius 2 is 0.625 bits per heavy atom. The number of esters is 2. The van der Waals surface area contributed by atoms with E-state index in [-0.39, 0.29) is 25.7 Å². The highest BCUT2D eigenvalue weighted by Gasteiger charge is 2.78. The Hall–Kier alpha value is -10.8. The fourth-order valence-electron chi connectivity index (χ4n) is 27.8. The molecule has 0 N–H and O–H groups in total. The molecule has 88 heavy (non-hydrogen) atoms. The van der Waals surface area contributed by atoms with E-state index in [1.54, 1.807) is 53.9 Å². The normalized spacial score (nSPS) is 23.5. The second kappa shape index (κ2) is 8.74. The van der Waals surface area contributed by atoms with Crippen molar-refractivity contribution in [1.82, 2.24) is 0 Å². The SMILES string of the molecule is O=C(CC12OOC(c3ccccc31)c1ccccc12)OCCOC(=O)C1=NOC23c4c5c6c7c8c9c(c%10c%11c2c2c4c4c%12c5c5c6c6c8c8c%13c9c9c%10c%10c%11c%11c2c2c4c4c%12c%12c5c5c6c8c6c8c%13c9c9c%10c%10c%11c2c2c4c4c%12c5c6c5c8c9c%10c2c45)C173. The highest BCUT2D eigenvalue weighted by Crippen LogP contribution is 2.85. The minimum absolute atomic E-state index is 0.116. The number of oxime groups is 1. The number of carbonyl (C=O) groups is 2. The van der Waals surface area contributed by atoms with Crippen molar-refractivity contribution in [2.75, 3.05) is 13.2 Å². The van der Waals surface area contributed by atoms with Gasteiger partial charge in [-0.3, -0.25) is 4.79 Å². The van der Waals surface area contributed by atoms with Crippen molar-refractivity contribution in [2.45, 2.75) is 29.1 Å². The van der Waals surface area contributed by atoms with Crippen LogP contribution < -0.4 is 0 Å². The average molecular weight is 1100 g/mol. The van der Waals surface area contributed by atoms with Crippen LogP contribution >= 0.6 is 0 Å². The first-order chi connectivity index (χ1) is 43.7. The minimum atomic E-state index is -1.22. The molecular weight excluding hydrogens is 1090 g/mol. The minimum Gasteiger partial charge on any atom is -0.462 e. The summed E-state index contributed by atoms with van der Waals surface area (Å²) in [6.07, 6.45) is -0.498. The second-order valence-electron chi connectivity index (χ2n) is 29.8. The molecule has 2 spiro atoms. The van der Waals surface area contributed by atoms with E-state index in [9.17, 15) is 4.79 Å². The Kier molecular flexibility index (Phi) is 3.54. The van der Waals surface area contributed by atoms with Gasteiger partial charge in [0, 0.05) is 11.1 Å². The molecule has 0 unspecified atom stereocenters. The van der Waals surface area contributed by atoms with Crippen LogP contribution in [0.25, 0.3) is 291 Å². The molecule has 3 aliphatic heterocycles. The monoisotopic (exact) mass is 1100 g/mol. The number of fused-ring (bicyclic) bond motifs is 1. The third-order valence-corrected chi connectivity index (χ3v) is 28.7. The highest BCUT2D eigenvalue weighted by molar-refractivity contribution is 6.82. The smallest absolute Gasteiger partial charge is 0.357 e. The lowest BCUT2D eigenvalue weighted by Gasteiger charge is -2.47. The van der Waals surface area contributed by atoms with E-state index in [2.05, 4.69) is 0 Å². The summed E-state index contributed by atoms with van der Waals surface area (Å²) in [6, 6.07) is 16.1. The predicted octanol–water partition coefficient (Wildman–Crippen LogP) is 18.4. The number of benzene rings is 20. The third kappa shape index (κ3) is 2.16. The zero-order valence-corrected chi connectivity index (χ0v) is 44.6. The first-order valence-corrected chi connectivity index (χ1v) is 31.5. The van der Waals surface area contributed by atoms with Gasteiger partial charge in [0.05, 0.1) is 6.42 Å². The van der Waals surface area contributed by atoms with Gasteiger partial charge in [0.15, 0.2) is 11.3 Å². The maximum atomic E-state index is 16.5. The van der Waals surface area contributed by atoms with Crippen LogP contribution in [0.1, 0.15) is 57.0 Å². The molecule has 8 nitrogen and oxygen atoms in total. The first-order valence-electron chi connectivity index (χ1n) is 31.5. The van der Waals surface area contributed by atoms with E-state index in [1.165, 1.54) is 259 Å². The fraction of sp³-hybridized carbons (Fsp3) is 0.0875. The number of carbonyl (C=O) groups excluding carboxylic acids is 2. The molecule has 30 aromatic rings. The van der Waals surface area contributed by atoms with Crippen LogP contribution in [0.3, 0.4) is 0 Å². The molecule has 0 atom stereocenters. The highest BCUT2D eigenvalue weighted by atomic mass is 17.2. The Balaban J connectivity index is 0.737. The summed E-state index contributed by atoms with van der Waals surface area (Å²) >= 11 is 0. The number of nitrogens with zero attached hydrogens (tertiary/aromatic N) is 1. The first kappa shape index (κ1) is 35.6. The summed E-state index contributed by atoms with van der Waals surface area (Å²) in [6.45, 7) is -0.312. The number of ether oxygens (including phenoxy) is 2. The van der Waals surface area contributed by atoms with Crippen LogP contribution in [0.4, 0.5) is 0 Å². The van der Waals surface area contributed by atoms with Gasteiger partial charge in [-0.2, -0.15) is 0 Å². The lowest BCUT2D eigenvalue weighted by atomic mass is 9.53. The molecule has 0 saturated heterocycles. The van der Waals surface area contributed by atoms with Gasteiger partial charge in [-0.05, 0) is 324 Å². The quantitative estimate of drug-likeness (QED) is 0.0709. The zero-order chi connectivity index (χ0) is 53.6. The maximum Gasteiger partial charge on any atom is 0.357 e. The van der Waals surface area contributed by atoms with Gasteiger partial charge in [0.2, 0.25) is 5.60 Å². The van der Waals surface area contributed by atoms with Crippen LogP contribution in [0.15, 0.2) is 53.7 Å². The molecule has 8 heteroatoms. The van der Waals surface area contributed by atoms with Crippen molar-refractivity contribution < 1.29 is 33.7 Å². The Morgan fingerprint density at radius 1 is 0.352 bits per heavy atom. The summed E-state index contributed by atoms with van der Waals surface area (Å²) in [5.41, 5.74) is 5.41. The lowest BCUT2D eigenvalue weighted by molar-refractivity contribution is -0.396. The maximum absolute atomic E-state index is 16.5. The van der Waals surface area contributed by atoms with Crippen molar-refractivity contribution in [2.24, 2.45) is 5.16 Å². The molecule has 8 aliphatic rings. The van der Waals surface area contributed by atoms with Gasteiger partial charge in [-0.15, -0.1) is 0 Å². The van der Waals surface area contributed by atoms with Crippen molar-refractivity contribution >= 4 is 309 Å². The van der Waals surface area contributed by atoms with Gasteiger partial charge in [0.25, 0.3) is 0 Å². The molecule has 0 saturated carbocycles. The zero-order valence-electron chi connectivity index (χ0n) is 44.6. The summed E-state index contributed by atoms with van der Waals surface area (Å²) in [5.74, 6) is -0.997. The molecule has 5 aliphatic carbocycles.